The minimum Gasteiger partial charge on any atom is -0.505 e. The Kier molecular flexibility index (Phi) is 7.82. The number of alkyl halides is 3. The van der Waals surface area contributed by atoms with Crippen molar-refractivity contribution >= 4 is 33.3 Å². The van der Waals surface area contributed by atoms with Crippen LogP contribution in [0.4, 0.5) is 13.2 Å². The number of nitrogens with zero attached hydrogens (tertiary/aromatic N) is 1. The van der Waals surface area contributed by atoms with E-state index in [1.807, 2.05) is 4.90 Å². The molecule has 188 valence electrons. The molecule has 2 aromatic rings. The van der Waals surface area contributed by atoms with Crippen LogP contribution in [0.1, 0.15) is 42.6 Å². The summed E-state index contributed by atoms with van der Waals surface area (Å²) in [5.41, 5.74) is -1.39. The van der Waals surface area contributed by atoms with Gasteiger partial charge in [-0.05, 0) is 55.2 Å². The van der Waals surface area contributed by atoms with Gasteiger partial charge in [0.25, 0.3) is 10.1 Å². The lowest BCUT2D eigenvalue weighted by Gasteiger charge is -2.43. The molecule has 0 spiro atoms. The van der Waals surface area contributed by atoms with E-state index in [1.165, 1.54) is 24.3 Å². The molecule has 3 rings (SSSR count). The van der Waals surface area contributed by atoms with Gasteiger partial charge in [0.2, 0.25) is 0 Å². The summed E-state index contributed by atoms with van der Waals surface area (Å²) in [4.78, 5) is 1.91. The van der Waals surface area contributed by atoms with Crippen molar-refractivity contribution in [1.29, 1.82) is 0 Å². The number of hydrogen-bond acceptors (Lipinski definition) is 6. The molecule has 1 saturated heterocycles. The van der Waals surface area contributed by atoms with Crippen molar-refractivity contribution in [2.75, 3.05) is 19.3 Å². The van der Waals surface area contributed by atoms with Crippen LogP contribution in [0.3, 0.4) is 0 Å². The van der Waals surface area contributed by atoms with Crippen LogP contribution in [-0.4, -0.2) is 48.9 Å². The van der Waals surface area contributed by atoms with Crippen molar-refractivity contribution < 1.29 is 36.0 Å². The molecule has 1 heterocycles. The Labute approximate surface area is 206 Å². The predicted octanol–water partition coefficient (Wildman–Crippen LogP) is 5.11. The first-order chi connectivity index (χ1) is 15.6. The molecule has 2 unspecified atom stereocenters. The highest BCUT2D eigenvalue weighted by Gasteiger charge is 2.39. The van der Waals surface area contributed by atoms with E-state index in [2.05, 4.69) is 0 Å². The highest BCUT2D eigenvalue weighted by Crippen LogP contribution is 2.40. The number of phenols is 1. The lowest BCUT2D eigenvalue weighted by atomic mass is 9.83. The molecular weight excluding hydrogens is 518 g/mol. The fraction of sp³-hybridized carbons (Fsp3) is 0.455. The first-order valence-corrected chi connectivity index (χ1v) is 12.9. The smallest absolute Gasteiger partial charge is 0.416 e. The number of phenolic OH excluding ortho intramolecular Hbond substituents is 1. The molecule has 12 heteroatoms. The van der Waals surface area contributed by atoms with Gasteiger partial charge in [-0.1, -0.05) is 35.3 Å². The monoisotopic (exact) mass is 541 g/mol. The van der Waals surface area contributed by atoms with Gasteiger partial charge in [-0.2, -0.15) is 21.6 Å². The van der Waals surface area contributed by atoms with E-state index in [4.69, 9.17) is 27.4 Å². The Morgan fingerprint density at radius 1 is 1.09 bits per heavy atom. The summed E-state index contributed by atoms with van der Waals surface area (Å²) in [5, 5.41) is 20.8. The summed E-state index contributed by atoms with van der Waals surface area (Å²) in [6.07, 6.45) is -4.13. The molecule has 1 fully saturated rings. The number of piperidine rings is 1. The van der Waals surface area contributed by atoms with Crippen LogP contribution in [-0.2, 0) is 26.1 Å². The maximum Gasteiger partial charge on any atom is 0.416 e. The maximum atomic E-state index is 12.8. The minimum atomic E-state index is -4.46. The zero-order valence-corrected chi connectivity index (χ0v) is 20.6. The van der Waals surface area contributed by atoms with Crippen LogP contribution < -0.4 is 0 Å². The molecule has 1 aliphatic rings. The Morgan fingerprint density at radius 2 is 1.59 bits per heavy atom. The number of halogens is 5. The summed E-state index contributed by atoms with van der Waals surface area (Å²) in [6.45, 7) is 2.39. The highest BCUT2D eigenvalue weighted by atomic mass is 35.5. The van der Waals surface area contributed by atoms with Gasteiger partial charge >= 0.3 is 6.18 Å². The largest absolute Gasteiger partial charge is 0.505 e. The van der Waals surface area contributed by atoms with Crippen molar-refractivity contribution in [2.24, 2.45) is 0 Å². The Hall–Kier alpha value is -1.56. The van der Waals surface area contributed by atoms with Gasteiger partial charge in [-0.15, -0.1) is 0 Å². The van der Waals surface area contributed by atoms with Crippen molar-refractivity contribution in [1.82, 2.24) is 4.90 Å². The Balaban J connectivity index is 1.80. The van der Waals surface area contributed by atoms with Gasteiger partial charge in [0, 0.05) is 19.1 Å². The average Bonchev–Trinajstić information content (AvgIpc) is 2.74. The summed E-state index contributed by atoms with van der Waals surface area (Å²) in [7, 11) is -3.89. The number of likely N-dealkylation sites (tertiary alicyclic amines) is 1. The fourth-order valence-electron chi connectivity index (χ4n) is 4.10. The number of rotatable bonds is 6. The first-order valence-electron chi connectivity index (χ1n) is 10.3. The molecule has 1 aliphatic heterocycles. The Bertz CT molecular complexity index is 1110. The van der Waals surface area contributed by atoms with Crippen LogP contribution in [0.2, 0.25) is 10.0 Å². The third-order valence-electron chi connectivity index (χ3n) is 6.04. The predicted molar refractivity (Wildman–Crippen MR) is 122 cm³/mol. The van der Waals surface area contributed by atoms with Crippen molar-refractivity contribution in [3.05, 3.63) is 63.1 Å². The molecule has 6 nitrogen and oxygen atoms in total. The number of hydrogen-bond donors (Lipinski definition) is 2. The normalized spacial score (nSPS) is 19.1. The summed E-state index contributed by atoms with van der Waals surface area (Å²) in [6, 6.07) is 6.67. The van der Waals surface area contributed by atoms with E-state index in [0.717, 1.165) is 18.4 Å². The van der Waals surface area contributed by atoms with Gasteiger partial charge < -0.3 is 10.2 Å². The number of aromatic hydroxyl groups is 1. The maximum absolute atomic E-state index is 12.8. The molecule has 2 N–H and O–H groups in total. The zero-order chi connectivity index (χ0) is 25.5. The first kappa shape index (κ1) is 27.0. The number of aliphatic hydroxyl groups is 1. The average molecular weight is 542 g/mol. The lowest BCUT2D eigenvalue weighted by Crippen LogP contribution is -2.48. The van der Waals surface area contributed by atoms with E-state index in [1.54, 1.807) is 6.92 Å². The van der Waals surface area contributed by atoms with E-state index in [9.17, 15) is 31.8 Å². The molecule has 0 bridgehead atoms. The fourth-order valence-corrected chi connectivity index (χ4v) is 5.26. The van der Waals surface area contributed by atoms with Crippen LogP contribution in [0, 0.1) is 0 Å². The molecule has 0 amide bonds. The molecule has 0 aromatic heterocycles. The van der Waals surface area contributed by atoms with Crippen molar-refractivity contribution in [3.8, 4) is 5.75 Å². The van der Waals surface area contributed by atoms with Gasteiger partial charge in [0.15, 0.2) is 5.75 Å². The molecule has 2 atom stereocenters. The minimum absolute atomic E-state index is 0.0628. The van der Waals surface area contributed by atoms with Crippen molar-refractivity contribution in [2.45, 2.75) is 43.7 Å². The molecular formula is C22H24Cl2F3NO5S. The summed E-state index contributed by atoms with van der Waals surface area (Å²) >= 11 is 12.0. The van der Waals surface area contributed by atoms with Crippen LogP contribution >= 0.6 is 23.2 Å². The standard InChI is InChI=1S/C22H24Cl2F3NO5S/c1-13(20(33-34(2,31)32)14-11-17(23)19(29)18(24)12-14)28-9-7-21(30,8-10-28)15-3-5-16(6-4-15)22(25,26)27/h3-6,11-13,20,29-30H,7-10H2,1-2H3. The van der Waals surface area contributed by atoms with E-state index in [-0.39, 0.29) is 28.6 Å². The van der Waals surface area contributed by atoms with Crippen LogP contribution in [0.5, 0.6) is 5.75 Å². The Morgan fingerprint density at radius 3 is 2.03 bits per heavy atom. The van der Waals surface area contributed by atoms with E-state index >= 15 is 0 Å². The zero-order valence-electron chi connectivity index (χ0n) is 18.3. The summed E-state index contributed by atoms with van der Waals surface area (Å²) in [5.74, 6) is -0.336. The highest BCUT2D eigenvalue weighted by molar-refractivity contribution is 7.86. The second-order valence-electron chi connectivity index (χ2n) is 8.44. The van der Waals surface area contributed by atoms with Crippen molar-refractivity contribution in [3.63, 3.8) is 0 Å². The molecule has 0 aliphatic carbocycles. The van der Waals surface area contributed by atoms with Gasteiger partial charge in [-0.3, -0.25) is 9.08 Å². The second kappa shape index (κ2) is 9.83. The second-order valence-corrected chi connectivity index (χ2v) is 10.9. The topological polar surface area (TPSA) is 87.1 Å². The van der Waals surface area contributed by atoms with Crippen LogP contribution in [0.25, 0.3) is 0 Å². The molecule has 2 aromatic carbocycles. The van der Waals surface area contributed by atoms with Gasteiger partial charge in [0.05, 0.1) is 27.5 Å². The molecule has 0 saturated carbocycles. The quantitative estimate of drug-likeness (QED) is 0.494. The third-order valence-corrected chi connectivity index (χ3v) is 7.17. The van der Waals surface area contributed by atoms with Gasteiger partial charge in [0.1, 0.15) is 6.10 Å². The SMILES string of the molecule is CC(C(OS(C)(=O)=O)c1cc(Cl)c(O)c(Cl)c1)N1CCC(O)(c2ccc(C(F)(F)F)cc2)CC1. The van der Waals surface area contributed by atoms with Gasteiger partial charge in [-0.25, -0.2) is 0 Å². The molecule has 34 heavy (non-hydrogen) atoms. The van der Waals surface area contributed by atoms with E-state index < -0.39 is 39.6 Å². The third kappa shape index (κ3) is 6.16. The summed E-state index contributed by atoms with van der Waals surface area (Å²) < 4.78 is 67.8. The van der Waals surface area contributed by atoms with Crippen LogP contribution in [0.15, 0.2) is 36.4 Å². The molecule has 0 radical (unpaired) electrons. The van der Waals surface area contributed by atoms with E-state index in [0.29, 0.717) is 24.2 Å². The number of benzene rings is 2. The lowest BCUT2D eigenvalue weighted by molar-refractivity contribution is -0.137.